The van der Waals surface area contributed by atoms with Crippen LogP contribution >= 0.6 is 0 Å². The molecule has 196 valence electrons. The number of ether oxygens (including phenoxy) is 1. The number of carbonyl (C=O) groups excluding carboxylic acids is 1. The molecule has 0 aliphatic carbocycles. The highest BCUT2D eigenvalue weighted by molar-refractivity contribution is 5.92. The molecule has 1 atom stereocenters. The number of benzene rings is 2. The molecule has 0 bridgehead atoms. The second kappa shape index (κ2) is 12.2. The van der Waals surface area contributed by atoms with E-state index in [1.807, 2.05) is 13.8 Å². The fraction of sp³-hybridized carbons (Fsp3) is 0.296. The van der Waals surface area contributed by atoms with Crippen LogP contribution in [0.25, 0.3) is 11.1 Å². The van der Waals surface area contributed by atoms with Crippen molar-refractivity contribution < 1.29 is 32.6 Å². The largest absolute Gasteiger partial charge is 0.491 e. The van der Waals surface area contributed by atoms with Crippen molar-refractivity contribution in [3.63, 3.8) is 0 Å². The lowest BCUT2D eigenvalue weighted by Crippen LogP contribution is -2.32. The van der Waals surface area contributed by atoms with E-state index in [0.717, 1.165) is 17.7 Å². The standard InChI is InChI=1S/C27H28F3N3O4/c1-17(2)24(33-21-9-12-23(32-15-21)26(36)31-14-13-25(34)35)16-37-22-10-5-19(6-11-22)18-3-7-20(8-4-18)27(28,29)30/h3-12,15,17,24,33H,13-14,16H2,1-2H3,(H,31,36)(H,34,35)/t24-/m1/s1. The van der Waals surface area contributed by atoms with Crippen LogP contribution in [-0.2, 0) is 11.0 Å². The van der Waals surface area contributed by atoms with E-state index in [9.17, 15) is 22.8 Å². The maximum atomic E-state index is 12.8. The van der Waals surface area contributed by atoms with Crippen molar-refractivity contribution in [3.8, 4) is 16.9 Å². The number of carboxylic acid groups (broad SMARTS) is 1. The molecule has 7 nitrogen and oxygen atoms in total. The molecule has 0 radical (unpaired) electrons. The number of carbonyl (C=O) groups is 2. The molecule has 1 amide bonds. The Morgan fingerprint density at radius 3 is 2.11 bits per heavy atom. The molecule has 37 heavy (non-hydrogen) atoms. The number of carboxylic acids is 1. The summed E-state index contributed by atoms with van der Waals surface area (Å²) in [4.78, 5) is 26.7. The Hall–Kier alpha value is -4.08. The molecule has 0 aliphatic rings. The van der Waals surface area contributed by atoms with Crippen LogP contribution in [0.3, 0.4) is 0 Å². The number of alkyl halides is 3. The van der Waals surface area contributed by atoms with Gasteiger partial charge in [-0.1, -0.05) is 38.1 Å². The third kappa shape index (κ3) is 8.23. The summed E-state index contributed by atoms with van der Waals surface area (Å²) in [6, 6.07) is 15.3. The SMILES string of the molecule is CC(C)[C@@H](COc1ccc(-c2ccc(C(F)(F)F)cc2)cc1)Nc1ccc(C(=O)NCCC(=O)O)nc1. The predicted octanol–water partition coefficient (Wildman–Crippen LogP) is 5.49. The molecule has 0 unspecified atom stereocenters. The maximum absolute atomic E-state index is 12.8. The zero-order chi connectivity index (χ0) is 27.0. The van der Waals surface area contributed by atoms with E-state index in [1.54, 1.807) is 36.4 Å². The molecule has 2 aromatic carbocycles. The second-order valence-corrected chi connectivity index (χ2v) is 8.74. The van der Waals surface area contributed by atoms with Crippen molar-refractivity contribution in [1.29, 1.82) is 0 Å². The quantitative estimate of drug-likeness (QED) is 0.312. The molecule has 3 aromatic rings. The summed E-state index contributed by atoms with van der Waals surface area (Å²) < 4.78 is 44.3. The van der Waals surface area contributed by atoms with Crippen molar-refractivity contribution >= 4 is 17.6 Å². The van der Waals surface area contributed by atoms with Crippen molar-refractivity contribution in [2.75, 3.05) is 18.5 Å². The van der Waals surface area contributed by atoms with Gasteiger partial charge in [0, 0.05) is 6.54 Å². The average molecular weight is 516 g/mol. The molecule has 0 fully saturated rings. The van der Waals surface area contributed by atoms with E-state index in [1.165, 1.54) is 18.3 Å². The number of hydrogen-bond donors (Lipinski definition) is 3. The van der Waals surface area contributed by atoms with Crippen LogP contribution in [0.4, 0.5) is 18.9 Å². The van der Waals surface area contributed by atoms with E-state index in [-0.39, 0.29) is 30.6 Å². The lowest BCUT2D eigenvalue weighted by atomic mass is 10.0. The minimum absolute atomic E-state index is 0.0218. The molecule has 3 N–H and O–H groups in total. The summed E-state index contributed by atoms with van der Waals surface area (Å²) in [5.41, 5.74) is 1.64. The highest BCUT2D eigenvalue weighted by Gasteiger charge is 2.30. The van der Waals surface area contributed by atoms with Crippen molar-refractivity contribution in [3.05, 3.63) is 78.1 Å². The first kappa shape index (κ1) is 27.5. The van der Waals surface area contributed by atoms with Crippen molar-refractivity contribution in [2.24, 2.45) is 5.92 Å². The van der Waals surface area contributed by atoms with Crippen LogP contribution in [0, 0.1) is 5.92 Å². The second-order valence-electron chi connectivity index (χ2n) is 8.74. The van der Waals surface area contributed by atoms with Crippen LogP contribution in [0.15, 0.2) is 66.9 Å². The summed E-state index contributed by atoms with van der Waals surface area (Å²) in [5.74, 6) is -0.624. The Kier molecular flexibility index (Phi) is 9.10. The number of nitrogens with one attached hydrogen (secondary N) is 2. The van der Waals surface area contributed by atoms with Crippen LogP contribution < -0.4 is 15.4 Å². The van der Waals surface area contributed by atoms with E-state index in [0.29, 0.717) is 23.6 Å². The Morgan fingerprint density at radius 1 is 0.973 bits per heavy atom. The fourth-order valence-electron chi connectivity index (χ4n) is 3.38. The normalized spacial score (nSPS) is 12.2. The summed E-state index contributed by atoms with van der Waals surface area (Å²) in [7, 11) is 0. The lowest BCUT2D eigenvalue weighted by molar-refractivity contribution is -0.138. The van der Waals surface area contributed by atoms with Crippen LogP contribution in [-0.4, -0.2) is 41.2 Å². The Balaban J connectivity index is 1.55. The number of hydrogen-bond acceptors (Lipinski definition) is 5. The minimum Gasteiger partial charge on any atom is -0.491 e. The van der Waals surface area contributed by atoms with Gasteiger partial charge in [-0.15, -0.1) is 0 Å². The van der Waals surface area contributed by atoms with Crippen LogP contribution in [0.5, 0.6) is 5.75 Å². The number of anilines is 1. The number of rotatable bonds is 11. The number of aromatic nitrogens is 1. The topological polar surface area (TPSA) is 101 Å². The first-order valence-electron chi connectivity index (χ1n) is 11.7. The number of pyridine rings is 1. The highest BCUT2D eigenvalue weighted by atomic mass is 19.4. The molecule has 3 rings (SSSR count). The van der Waals surface area contributed by atoms with E-state index in [4.69, 9.17) is 9.84 Å². The average Bonchev–Trinajstić information content (AvgIpc) is 2.86. The van der Waals surface area contributed by atoms with Gasteiger partial charge in [0.25, 0.3) is 5.91 Å². The van der Waals surface area contributed by atoms with Gasteiger partial charge in [-0.3, -0.25) is 9.59 Å². The lowest BCUT2D eigenvalue weighted by Gasteiger charge is -2.24. The minimum atomic E-state index is -4.37. The van der Waals surface area contributed by atoms with E-state index < -0.39 is 23.6 Å². The molecule has 0 saturated heterocycles. The molecule has 0 spiro atoms. The van der Waals surface area contributed by atoms with E-state index in [2.05, 4.69) is 15.6 Å². The number of nitrogens with zero attached hydrogens (tertiary/aromatic N) is 1. The highest BCUT2D eigenvalue weighted by Crippen LogP contribution is 2.31. The molecule has 1 aromatic heterocycles. The molecular weight excluding hydrogens is 487 g/mol. The third-order valence-electron chi connectivity index (χ3n) is 5.61. The van der Waals surface area contributed by atoms with Gasteiger partial charge in [-0.05, 0) is 53.4 Å². The molecule has 10 heteroatoms. The third-order valence-corrected chi connectivity index (χ3v) is 5.61. The maximum Gasteiger partial charge on any atom is 0.416 e. The first-order valence-corrected chi connectivity index (χ1v) is 11.7. The van der Waals surface area contributed by atoms with Crippen LogP contribution in [0.1, 0.15) is 36.3 Å². The van der Waals surface area contributed by atoms with Gasteiger partial charge < -0.3 is 20.5 Å². The predicted molar refractivity (Wildman–Crippen MR) is 133 cm³/mol. The summed E-state index contributed by atoms with van der Waals surface area (Å²) in [5, 5.41) is 14.5. The Labute approximate surface area is 212 Å². The first-order chi connectivity index (χ1) is 17.5. The summed E-state index contributed by atoms with van der Waals surface area (Å²) in [6.07, 6.45) is -3.01. The van der Waals surface area contributed by atoms with E-state index >= 15 is 0 Å². The van der Waals surface area contributed by atoms with Gasteiger partial charge in [0.05, 0.1) is 29.9 Å². The fourth-order valence-corrected chi connectivity index (χ4v) is 3.38. The van der Waals surface area contributed by atoms with Gasteiger partial charge >= 0.3 is 12.1 Å². The smallest absolute Gasteiger partial charge is 0.416 e. The van der Waals surface area contributed by atoms with Crippen LogP contribution in [0.2, 0.25) is 0 Å². The van der Waals surface area contributed by atoms with Gasteiger partial charge in [0.2, 0.25) is 0 Å². The monoisotopic (exact) mass is 515 g/mol. The Morgan fingerprint density at radius 2 is 1.59 bits per heavy atom. The number of halogens is 3. The molecule has 0 aliphatic heterocycles. The van der Waals surface area contributed by atoms with Gasteiger partial charge in [0.1, 0.15) is 18.1 Å². The number of aliphatic carboxylic acids is 1. The number of amides is 1. The molecule has 1 heterocycles. The molecular formula is C27H28F3N3O4. The van der Waals surface area contributed by atoms with Crippen molar-refractivity contribution in [1.82, 2.24) is 10.3 Å². The summed E-state index contributed by atoms with van der Waals surface area (Å²) in [6.45, 7) is 4.43. The van der Waals surface area contributed by atoms with Gasteiger partial charge in [-0.2, -0.15) is 13.2 Å². The zero-order valence-corrected chi connectivity index (χ0v) is 20.4. The Bertz CT molecular complexity index is 1180. The zero-order valence-electron chi connectivity index (χ0n) is 20.4. The molecule has 0 saturated carbocycles. The van der Waals surface area contributed by atoms with Crippen molar-refractivity contribution in [2.45, 2.75) is 32.5 Å². The summed E-state index contributed by atoms with van der Waals surface area (Å²) >= 11 is 0. The van der Waals surface area contributed by atoms with Gasteiger partial charge in [-0.25, -0.2) is 4.98 Å². The van der Waals surface area contributed by atoms with Gasteiger partial charge in [0.15, 0.2) is 0 Å².